The standard InChI is InChI=1S/C15H27BrO4/c1-2-3-12-19-14(17)9-10-15(18)20-13-8-6-4-5-7-11-16/h2-13H2,1H3. The molecule has 0 amide bonds. The summed E-state index contributed by atoms with van der Waals surface area (Å²) < 4.78 is 10.0. The average Bonchev–Trinajstić information content (AvgIpc) is 2.44. The second-order valence-electron chi connectivity index (χ2n) is 4.75. The molecule has 0 aromatic heterocycles. The number of ether oxygens (including phenoxy) is 2. The summed E-state index contributed by atoms with van der Waals surface area (Å²) in [6.07, 6.45) is 7.66. The van der Waals surface area contributed by atoms with Crippen molar-refractivity contribution in [3.05, 3.63) is 0 Å². The van der Waals surface area contributed by atoms with Gasteiger partial charge in [0.2, 0.25) is 0 Å². The van der Waals surface area contributed by atoms with Crippen LogP contribution in [-0.2, 0) is 19.1 Å². The number of halogens is 1. The van der Waals surface area contributed by atoms with E-state index in [1.54, 1.807) is 0 Å². The fourth-order valence-electron chi connectivity index (χ4n) is 1.59. The summed E-state index contributed by atoms with van der Waals surface area (Å²) in [5, 5.41) is 1.05. The van der Waals surface area contributed by atoms with Gasteiger partial charge in [0, 0.05) is 5.33 Å². The van der Waals surface area contributed by atoms with Gasteiger partial charge in [-0.25, -0.2) is 0 Å². The molecule has 0 rings (SSSR count). The number of alkyl halides is 1. The molecule has 0 fully saturated rings. The first kappa shape index (κ1) is 19.4. The van der Waals surface area contributed by atoms with E-state index in [0.29, 0.717) is 13.2 Å². The van der Waals surface area contributed by atoms with Crippen molar-refractivity contribution in [3.63, 3.8) is 0 Å². The Balaban J connectivity index is 3.34. The van der Waals surface area contributed by atoms with Crippen LogP contribution in [0.15, 0.2) is 0 Å². The number of esters is 2. The van der Waals surface area contributed by atoms with Crippen LogP contribution in [-0.4, -0.2) is 30.5 Å². The van der Waals surface area contributed by atoms with Gasteiger partial charge in [0.15, 0.2) is 0 Å². The van der Waals surface area contributed by atoms with E-state index < -0.39 is 0 Å². The van der Waals surface area contributed by atoms with Crippen LogP contribution in [0.5, 0.6) is 0 Å². The van der Waals surface area contributed by atoms with Crippen molar-refractivity contribution in [2.45, 2.75) is 64.7 Å². The largest absolute Gasteiger partial charge is 0.466 e. The maximum absolute atomic E-state index is 11.4. The van der Waals surface area contributed by atoms with E-state index in [1.165, 1.54) is 19.3 Å². The summed E-state index contributed by atoms with van der Waals surface area (Å²) >= 11 is 3.39. The summed E-state index contributed by atoms with van der Waals surface area (Å²) in [4.78, 5) is 22.6. The number of hydrogen-bond donors (Lipinski definition) is 0. The SMILES string of the molecule is CCCCOC(=O)CCC(=O)OCCCCCCCBr. The Morgan fingerprint density at radius 3 is 1.85 bits per heavy atom. The van der Waals surface area contributed by atoms with Crippen molar-refractivity contribution in [1.29, 1.82) is 0 Å². The molecule has 0 aromatic carbocycles. The second-order valence-corrected chi connectivity index (χ2v) is 5.54. The molecule has 4 nitrogen and oxygen atoms in total. The predicted molar refractivity (Wildman–Crippen MR) is 82.9 cm³/mol. The van der Waals surface area contributed by atoms with Crippen molar-refractivity contribution in [2.75, 3.05) is 18.5 Å². The summed E-state index contributed by atoms with van der Waals surface area (Å²) in [5.74, 6) is -0.622. The third kappa shape index (κ3) is 13.8. The van der Waals surface area contributed by atoms with Gasteiger partial charge < -0.3 is 9.47 Å². The minimum atomic E-state index is -0.315. The topological polar surface area (TPSA) is 52.6 Å². The highest BCUT2D eigenvalue weighted by Gasteiger charge is 2.08. The molecule has 0 aliphatic heterocycles. The Morgan fingerprint density at radius 1 is 0.800 bits per heavy atom. The van der Waals surface area contributed by atoms with E-state index in [2.05, 4.69) is 15.9 Å². The molecule has 0 heterocycles. The molecule has 0 aliphatic carbocycles. The van der Waals surface area contributed by atoms with Crippen LogP contribution >= 0.6 is 15.9 Å². The Kier molecular flexibility index (Phi) is 14.4. The molecule has 0 unspecified atom stereocenters. The molecule has 0 N–H and O–H groups in total. The highest BCUT2D eigenvalue weighted by Crippen LogP contribution is 2.05. The molecule has 0 aliphatic rings. The minimum absolute atomic E-state index is 0.119. The third-order valence-electron chi connectivity index (χ3n) is 2.84. The first-order chi connectivity index (χ1) is 9.70. The van der Waals surface area contributed by atoms with Gasteiger partial charge in [-0.2, -0.15) is 0 Å². The van der Waals surface area contributed by atoms with Gasteiger partial charge in [-0.05, 0) is 19.3 Å². The zero-order valence-electron chi connectivity index (χ0n) is 12.5. The van der Waals surface area contributed by atoms with Crippen molar-refractivity contribution in [3.8, 4) is 0 Å². The lowest BCUT2D eigenvalue weighted by molar-refractivity contribution is -0.150. The summed E-state index contributed by atoms with van der Waals surface area (Å²) in [6.45, 7) is 2.93. The molecule has 0 radical (unpaired) electrons. The summed E-state index contributed by atoms with van der Waals surface area (Å²) in [6, 6.07) is 0. The lowest BCUT2D eigenvalue weighted by Crippen LogP contribution is -2.11. The van der Waals surface area contributed by atoms with E-state index in [9.17, 15) is 9.59 Å². The van der Waals surface area contributed by atoms with E-state index in [1.807, 2.05) is 6.92 Å². The van der Waals surface area contributed by atoms with Gasteiger partial charge in [-0.1, -0.05) is 48.5 Å². The van der Waals surface area contributed by atoms with Crippen LogP contribution in [0.25, 0.3) is 0 Å². The molecule has 5 heteroatoms. The molecule has 0 spiro atoms. The average molecular weight is 351 g/mol. The van der Waals surface area contributed by atoms with Gasteiger partial charge >= 0.3 is 11.9 Å². The fraction of sp³-hybridized carbons (Fsp3) is 0.867. The Bertz CT molecular complexity index is 256. The van der Waals surface area contributed by atoms with Crippen molar-refractivity contribution in [1.82, 2.24) is 0 Å². The first-order valence-corrected chi connectivity index (χ1v) is 8.70. The van der Waals surface area contributed by atoms with E-state index >= 15 is 0 Å². The maximum Gasteiger partial charge on any atom is 0.306 e. The van der Waals surface area contributed by atoms with E-state index in [0.717, 1.165) is 31.0 Å². The van der Waals surface area contributed by atoms with Crippen LogP contribution in [0.4, 0.5) is 0 Å². The van der Waals surface area contributed by atoms with E-state index in [4.69, 9.17) is 9.47 Å². The first-order valence-electron chi connectivity index (χ1n) is 7.58. The van der Waals surface area contributed by atoms with Gasteiger partial charge in [0.05, 0.1) is 26.1 Å². The van der Waals surface area contributed by atoms with E-state index in [-0.39, 0.29) is 24.8 Å². The van der Waals surface area contributed by atoms with Gasteiger partial charge in [-0.3, -0.25) is 9.59 Å². The lowest BCUT2D eigenvalue weighted by Gasteiger charge is -2.05. The molecule has 0 saturated heterocycles. The summed E-state index contributed by atoms with van der Waals surface area (Å²) in [5.41, 5.74) is 0. The predicted octanol–water partition coefficient (Wildman–Crippen LogP) is 4.00. The zero-order valence-corrected chi connectivity index (χ0v) is 14.1. The molecule has 118 valence electrons. The van der Waals surface area contributed by atoms with Gasteiger partial charge in [-0.15, -0.1) is 0 Å². The maximum atomic E-state index is 11.4. The molecular weight excluding hydrogens is 324 g/mol. The van der Waals surface area contributed by atoms with Crippen molar-refractivity contribution < 1.29 is 19.1 Å². The molecule has 0 atom stereocenters. The van der Waals surface area contributed by atoms with Crippen LogP contribution in [0, 0.1) is 0 Å². The van der Waals surface area contributed by atoms with Crippen LogP contribution < -0.4 is 0 Å². The highest BCUT2D eigenvalue weighted by molar-refractivity contribution is 9.09. The number of unbranched alkanes of at least 4 members (excludes halogenated alkanes) is 5. The number of hydrogen-bond acceptors (Lipinski definition) is 4. The summed E-state index contributed by atoms with van der Waals surface area (Å²) in [7, 11) is 0. The zero-order chi connectivity index (χ0) is 15.1. The van der Waals surface area contributed by atoms with Gasteiger partial charge in [0.25, 0.3) is 0 Å². The molecule has 0 bridgehead atoms. The Hall–Kier alpha value is -0.580. The lowest BCUT2D eigenvalue weighted by atomic mass is 10.2. The molecule has 20 heavy (non-hydrogen) atoms. The highest BCUT2D eigenvalue weighted by atomic mass is 79.9. The molecule has 0 aromatic rings. The number of carbonyl (C=O) groups excluding carboxylic acids is 2. The molecular formula is C15H27BrO4. The quantitative estimate of drug-likeness (QED) is 0.286. The van der Waals surface area contributed by atoms with Crippen LogP contribution in [0.3, 0.4) is 0 Å². The smallest absolute Gasteiger partial charge is 0.306 e. The third-order valence-corrected chi connectivity index (χ3v) is 3.40. The van der Waals surface area contributed by atoms with Gasteiger partial charge in [0.1, 0.15) is 0 Å². The Labute approximate surface area is 130 Å². The second kappa shape index (κ2) is 14.8. The van der Waals surface area contributed by atoms with Crippen molar-refractivity contribution in [2.24, 2.45) is 0 Å². The number of rotatable bonds is 13. The Morgan fingerprint density at radius 2 is 1.30 bits per heavy atom. The number of carbonyl (C=O) groups is 2. The van der Waals surface area contributed by atoms with Crippen LogP contribution in [0.1, 0.15) is 64.7 Å². The van der Waals surface area contributed by atoms with Crippen molar-refractivity contribution >= 4 is 27.9 Å². The fourth-order valence-corrected chi connectivity index (χ4v) is 1.99. The molecule has 0 saturated carbocycles. The normalized spacial score (nSPS) is 10.3. The monoisotopic (exact) mass is 350 g/mol. The van der Waals surface area contributed by atoms with Crippen LogP contribution in [0.2, 0.25) is 0 Å². The minimum Gasteiger partial charge on any atom is -0.466 e.